The molecule has 1 saturated heterocycles. The zero-order valence-electron chi connectivity index (χ0n) is 6.05. The van der Waals surface area contributed by atoms with E-state index < -0.39 is 0 Å². The summed E-state index contributed by atoms with van der Waals surface area (Å²) < 4.78 is 5.21. The number of rotatable bonds is 0. The summed E-state index contributed by atoms with van der Waals surface area (Å²) in [6.07, 6.45) is 0. The molecule has 1 fully saturated rings. The van der Waals surface area contributed by atoms with Gasteiger partial charge in [-0.2, -0.15) is 0 Å². The molecular weight excluding hydrogens is 118 g/mol. The van der Waals surface area contributed by atoms with E-state index in [-0.39, 0.29) is 5.48 Å². The van der Waals surface area contributed by atoms with Gasteiger partial charge in [-0.15, -0.1) is 0 Å². The van der Waals surface area contributed by atoms with Crippen molar-refractivity contribution in [3.05, 3.63) is 0 Å². The summed E-state index contributed by atoms with van der Waals surface area (Å²) in [5.41, 5.74) is 0. The van der Waals surface area contributed by atoms with E-state index in [0.717, 1.165) is 19.8 Å². The van der Waals surface area contributed by atoms with Gasteiger partial charge >= 0.3 is 0 Å². The van der Waals surface area contributed by atoms with Gasteiger partial charge in [-0.25, -0.2) is 0 Å². The molecule has 1 unspecified atom stereocenters. The highest BCUT2D eigenvalue weighted by molar-refractivity contribution is 4.65. The van der Waals surface area contributed by atoms with E-state index in [9.17, 15) is 0 Å². The molecule has 56 valence electrons. The second kappa shape index (κ2) is 3.82. The van der Waals surface area contributed by atoms with Crippen LogP contribution in [0.25, 0.3) is 0 Å². The van der Waals surface area contributed by atoms with Crippen LogP contribution in [0.5, 0.6) is 0 Å². The highest BCUT2D eigenvalue weighted by Gasteiger charge is 2.12. The van der Waals surface area contributed by atoms with E-state index in [2.05, 4.69) is 18.9 Å². The predicted molar refractivity (Wildman–Crippen MR) is 36.5 cm³/mol. The third-order valence-electron chi connectivity index (χ3n) is 1.70. The molecule has 0 saturated carbocycles. The van der Waals surface area contributed by atoms with Crippen LogP contribution in [0.3, 0.4) is 0 Å². The number of hydrogen-bond acceptors (Lipinski definition) is 2. The van der Waals surface area contributed by atoms with Crippen molar-refractivity contribution in [1.82, 2.24) is 4.90 Å². The third-order valence-corrected chi connectivity index (χ3v) is 1.70. The van der Waals surface area contributed by atoms with Crippen LogP contribution < -0.4 is 0 Å². The van der Waals surface area contributed by atoms with E-state index in [4.69, 9.17) is 4.74 Å². The Morgan fingerprint density at radius 3 is 2.56 bits per heavy atom. The summed E-state index contributed by atoms with van der Waals surface area (Å²) >= 11 is 0. The Balaban J connectivity index is 0.000000640. The lowest BCUT2D eigenvalue weighted by Gasteiger charge is -2.29. The fourth-order valence-corrected chi connectivity index (χ4v) is 0.810. The summed E-state index contributed by atoms with van der Waals surface area (Å²) in [7, 11) is 2.13. The smallest absolute Gasteiger partial charge is 0.0619 e. The van der Waals surface area contributed by atoms with Crippen LogP contribution in [0.4, 0.5) is 0 Å². The van der Waals surface area contributed by atoms with Crippen molar-refractivity contribution in [2.75, 3.05) is 26.8 Å². The van der Waals surface area contributed by atoms with Gasteiger partial charge in [-0.05, 0) is 14.0 Å². The van der Waals surface area contributed by atoms with Crippen molar-refractivity contribution >= 4 is 0 Å². The fraction of sp³-hybridized carbons (Fsp3) is 1.00. The van der Waals surface area contributed by atoms with Crippen LogP contribution in [-0.2, 0) is 4.74 Å². The lowest BCUT2D eigenvalue weighted by Crippen LogP contribution is -2.40. The molecule has 2 N–H and O–H groups in total. The van der Waals surface area contributed by atoms with Gasteiger partial charge in [-0.1, -0.05) is 0 Å². The average Bonchev–Trinajstić information content (AvgIpc) is 1.77. The van der Waals surface area contributed by atoms with E-state index in [1.807, 2.05) is 0 Å². The first-order valence-corrected chi connectivity index (χ1v) is 3.08. The van der Waals surface area contributed by atoms with Crippen molar-refractivity contribution in [2.24, 2.45) is 0 Å². The van der Waals surface area contributed by atoms with Crippen LogP contribution in [0.1, 0.15) is 6.92 Å². The first-order valence-electron chi connectivity index (χ1n) is 3.08. The maximum Gasteiger partial charge on any atom is 0.0619 e. The molecule has 0 aliphatic carbocycles. The molecule has 0 spiro atoms. The number of ether oxygens (including phenoxy) is 1. The maximum absolute atomic E-state index is 5.21. The van der Waals surface area contributed by atoms with Crippen LogP contribution >= 0.6 is 0 Å². The Hall–Kier alpha value is -0.120. The van der Waals surface area contributed by atoms with Crippen LogP contribution in [-0.4, -0.2) is 43.2 Å². The van der Waals surface area contributed by atoms with Crippen molar-refractivity contribution in [1.29, 1.82) is 0 Å². The Morgan fingerprint density at radius 1 is 1.56 bits per heavy atom. The molecule has 0 bridgehead atoms. The van der Waals surface area contributed by atoms with Gasteiger partial charge in [0.1, 0.15) is 0 Å². The minimum Gasteiger partial charge on any atom is -0.412 e. The second-order valence-corrected chi connectivity index (χ2v) is 2.40. The summed E-state index contributed by atoms with van der Waals surface area (Å²) in [6, 6.07) is 0.615. The number of nitrogens with zero attached hydrogens (tertiary/aromatic N) is 1. The third kappa shape index (κ3) is 2.30. The number of morpholine rings is 1. The molecular formula is C6H15NO2. The van der Waals surface area contributed by atoms with Crippen LogP contribution in [0, 0.1) is 0 Å². The number of likely N-dealkylation sites (N-methyl/N-ethyl adjacent to an activating group) is 1. The van der Waals surface area contributed by atoms with Crippen LogP contribution in [0.15, 0.2) is 0 Å². The highest BCUT2D eigenvalue weighted by Crippen LogP contribution is 2.00. The molecule has 3 heteroatoms. The zero-order chi connectivity index (χ0) is 5.98. The van der Waals surface area contributed by atoms with Gasteiger partial charge in [-0.3, -0.25) is 4.90 Å². The lowest BCUT2D eigenvalue weighted by atomic mass is 10.3. The second-order valence-electron chi connectivity index (χ2n) is 2.40. The van der Waals surface area contributed by atoms with Gasteiger partial charge in [0.15, 0.2) is 0 Å². The Morgan fingerprint density at radius 2 is 2.22 bits per heavy atom. The Bertz CT molecular complexity index is 67.5. The number of hydrogen-bond donors (Lipinski definition) is 0. The molecule has 1 rings (SSSR count). The largest absolute Gasteiger partial charge is 0.412 e. The Kier molecular flexibility index (Phi) is 3.77. The summed E-state index contributed by atoms with van der Waals surface area (Å²) in [5, 5.41) is 0. The van der Waals surface area contributed by atoms with Gasteiger partial charge in [0.05, 0.1) is 13.2 Å². The monoisotopic (exact) mass is 133 g/mol. The molecule has 0 aromatic carbocycles. The molecule has 1 aliphatic heterocycles. The zero-order valence-corrected chi connectivity index (χ0v) is 6.05. The highest BCUT2D eigenvalue weighted by atomic mass is 16.5. The normalized spacial score (nSPS) is 29.3. The van der Waals surface area contributed by atoms with Gasteiger partial charge in [0.2, 0.25) is 0 Å². The van der Waals surface area contributed by atoms with E-state index >= 15 is 0 Å². The van der Waals surface area contributed by atoms with Crippen molar-refractivity contribution in [2.45, 2.75) is 13.0 Å². The molecule has 0 amide bonds. The molecule has 0 radical (unpaired) electrons. The summed E-state index contributed by atoms with van der Waals surface area (Å²) in [6.45, 7) is 5.07. The molecule has 0 aromatic heterocycles. The molecule has 1 heterocycles. The summed E-state index contributed by atoms with van der Waals surface area (Å²) in [4.78, 5) is 2.31. The van der Waals surface area contributed by atoms with Gasteiger partial charge in [0, 0.05) is 12.6 Å². The van der Waals surface area contributed by atoms with Crippen LogP contribution in [0.2, 0.25) is 0 Å². The van der Waals surface area contributed by atoms with E-state index in [0.29, 0.717) is 6.04 Å². The van der Waals surface area contributed by atoms with Crippen molar-refractivity contribution in [3.63, 3.8) is 0 Å². The van der Waals surface area contributed by atoms with E-state index in [1.54, 1.807) is 0 Å². The topological polar surface area (TPSA) is 44.0 Å². The first kappa shape index (κ1) is 8.88. The lowest BCUT2D eigenvalue weighted by molar-refractivity contribution is 0.0131. The molecule has 1 atom stereocenters. The summed E-state index contributed by atoms with van der Waals surface area (Å²) in [5.74, 6) is 0. The molecule has 3 nitrogen and oxygen atoms in total. The fourth-order valence-electron chi connectivity index (χ4n) is 0.810. The SMILES string of the molecule is CC1COCCN1C.O. The molecule has 9 heavy (non-hydrogen) atoms. The Labute approximate surface area is 55.9 Å². The maximum atomic E-state index is 5.21. The standard InChI is InChI=1S/C6H13NO.H2O/c1-6-5-8-4-3-7(6)2;/h6H,3-5H2,1-2H3;1H2. The first-order chi connectivity index (χ1) is 3.80. The molecule has 0 aromatic rings. The predicted octanol–water partition coefficient (Wildman–Crippen LogP) is -0.488. The quantitative estimate of drug-likeness (QED) is 0.447. The minimum absolute atomic E-state index is 0. The average molecular weight is 133 g/mol. The molecule has 1 aliphatic rings. The van der Waals surface area contributed by atoms with Gasteiger partial charge < -0.3 is 10.2 Å². The minimum atomic E-state index is 0. The van der Waals surface area contributed by atoms with Crippen molar-refractivity contribution in [3.8, 4) is 0 Å². The van der Waals surface area contributed by atoms with Crippen molar-refractivity contribution < 1.29 is 10.2 Å². The van der Waals surface area contributed by atoms with E-state index in [1.165, 1.54) is 0 Å². The van der Waals surface area contributed by atoms with Gasteiger partial charge in [0.25, 0.3) is 0 Å².